The van der Waals surface area contributed by atoms with Crippen LogP contribution in [0.2, 0.25) is 0 Å². The summed E-state index contributed by atoms with van der Waals surface area (Å²) in [6, 6.07) is 4.16. The number of aryl methyl sites for hydroxylation is 2. The molecule has 0 aliphatic carbocycles. The fraction of sp³-hybridized carbons (Fsp3) is 0.632. The summed E-state index contributed by atoms with van der Waals surface area (Å²) >= 11 is 0. The lowest BCUT2D eigenvalue weighted by molar-refractivity contribution is -0.141. The number of carbonyl (C=O) groups excluding carboxylic acids is 1. The van der Waals surface area contributed by atoms with E-state index in [1.165, 1.54) is 12.0 Å². The average Bonchev–Trinajstić information content (AvgIpc) is 2.42. The molecule has 22 heavy (non-hydrogen) atoms. The van der Waals surface area contributed by atoms with Crippen LogP contribution in [0.1, 0.15) is 50.3 Å². The first-order valence-corrected chi connectivity index (χ1v) is 8.23. The van der Waals surface area contributed by atoms with E-state index >= 15 is 0 Å². The minimum Gasteiger partial charge on any atom is -0.481 e. The van der Waals surface area contributed by atoms with Crippen LogP contribution < -0.4 is 4.74 Å². The largest absolute Gasteiger partial charge is 0.481 e. The maximum absolute atomic E-state index is 12.7. The van der Waals surface area contributed by atoms with E-state index in [-0.39, 0.29) is 11.3 Å². The molecule has 1 amide bonds. The highest BCUT2D eigenvalue weighted by Gasteiger charge is 2.31. The number of ether oxygens (including phenoxy) is 1. The van der Waals surface area contributed by atoms with Crippen LogP contribution >= 0.6 is 0 Å². The van der Waals surface area contributed by atoms with Gasteiger partial charge in [0.05, 0.1) is 0 Å². The lowest BCUT2D eigenvalue weighted by Gasteiger charge is -2.39. The van der Waals surface area contributed by atoms with E-state index in [9.17, 15) is 4.79 Å². The van der Waals surface area contributed by atoms with Gasteiger partial charge in [-0.15, -0.1) is 0 Å². The minimum atomic E-state index is -0.436. The van der Waals surface area contributed by atoms with E-state index in [1.54, 1.807) is 0 Å². The Morgan fingerprint density at radius 3 is 2.59 bits per heavy atom. The van der Waals surface area contributed by atoms with Crippen molar-refractivity contribution in [1.29, 1.82) is 0 Å². The summed E-state index contributed by atoms with van der Waals surface area (Å²) < 4.78 is 6.00. The highest BCUT2D eigenvalue weighted by molar-refractivity contribution is 5.81. The maximum atomic E-state index is 12.7. The Kier molecular flexibility index (Phi) is 4.84. The van der Waals surface area contributed by atoms with Crippen LogP contribution in [-0.2, 0) is 4.79 Å². The fourth-order valence-corrected chi connectivity index (χ4v) is 3.23. The van der Waals surface area contributed by atoms with Crippen molar-refractivity contribution in [3.05, 3.63) is 28.8 Å². The van der Waals surface area contributed by atoms with Gasteiger partial charge in [0, 0.05) is 13.1 Å². The van der Waals surface area contributed by atoms with Crippen molar-refractivity contribution in [1.82, 2.24) is 4.90 Å². The van der Waals surface area contributed by atoms with Gasteiger partial charge in [-0.25, -0.2) is 0 Å². The molecule has 1 aliphatic heterocycles. The number of amides is 1. The molecule has 1 fully saturated rings. The number of hydrogen-bond acceptors (Lipinski definition) is 2. The number of nitrogens with zero attached hydrogens (tertiary/aromatic N) is 1. The van der Waals surface area contributed by atoms with E-state index in [4.69, 9.17) is 4.74 Å². The van der Waals surface area contributed by atoms with Crippen molar-refractivity contribution < 1.29 is 9.53 Å². The molecular formula is C19H29NO2. The van der Waals surface area contributed by atoms with E-state index in [2.05, 4.69) is 33.8 Å². The van der Waals surface area contributed by atoms with Crippen molar-refractivity contribution in [2.45, 2.75) is 60.5 Å². The summed E-state index contributed by atoms with van der Waals surface area (Å²) in [6.45, 7) is 14.2. The fourth-order valence-electron chi connectivity index (χ4n) is 3.23. The smallest absolute Gasteiger partial charge is 0.263 e. The van der Waals surface area contributed by atoms with Gasteiger partial charge in [-0.1, -0.05) is 19.9 Å². The molecule has 3 heteroatoms. The third-order valence-electron chi connectivity index (χ3n) is 4.63. The Hall–Kier alpha value is -1.51. The third kappa shape index (κ3) is 3.82. The summed E-state index contributed by atoms with van der Waals surface area (Å²) in [5.74, 6) is 0.931. The number of piperidine rings is 1. The normalized spacial score (nSPS) is 18.9. The number of hydrogen-bond donors (Lipinski definition) is 0. The van der Waals surface area contributed by atoms with Gasteiger partial charge in [0.2, 0.25) is 0 Å². The van der Waals surface area contributed by atoms with E-state index in [0.29, 0.717) is 0 Å². The predicted molar refractivity (Wildman–Crippen MR) is 90.3 cm³/mol. The Balaban J connectivity index is 2.09. The minimum absolute atomic E-state index is 0.103. The average molecular weight is 303 g/mol. The highest BCUT2D eigenvalue weighted by Crippen LogP contribution is 2.29. The Bertz CT molecular complexity index is 563. The Labute approximate surface area is 134 Å². The van der Waals surface area contributed by atoms with Crippen LogP contribution in [0.5, 0.6) is 5.75 Å². The second kappa shape index (κ2) is 6.31. The number of benzene rings is 1. The Morgan fingerprint density at radius 1 is 1.27 bits per heavy atom. The van der Waals surface area contributed by atoms with E-state index in [0.717, 1.165) is 36.4 Å². The first-order chi connectivity index (χ1) is 10.2. The van der Waals surface area contributed by atoms with Gasteiger partial charge in [0.15, 0.2) is 6.10 Å². The first kappa shape index (κ1) is 16.9. The van der Waals surface area contributed by atoms with Crippen LogP contribution in [0, 0.1) is 26.2 Å². The molecule has 122 valence electrons. The van der Waals surface area contributed by atoms with Crippen LogP contribution in [0.3, 0.4) is 0 Å². The second-order valence-electron chi connectivity index (χ2n) is 7.49. The zero-order valence-corrected chi connectivity index (χ0v) is 14.8. The Morgan fingerprint density at radius 2 is 1.95 bits per heavy atom. The molecule has 0 aromatic heterocycles. The van der Waals surface area contributed by atoms with E-state index in [1.807, 2.05) is 24.8 Å². The topological polar surface area (TPSA) is 29.5 Å². The second-order valence-corrected chi connectivity index (χ2v) is 7.49. The standard InChI is InChI=1S/C19H29NO2/c1-13-10-14(2)15(3)17(11-13)22-16(4)18(21)20-9-7-8-19(5,6)12-20/h10-11,16H,7-9,12H2,1-6H3. The summed E-state index contributed by atoms with van der Waals surface area (Å²) in [7, 11) is 0. The van der Waals surface area contributed by atoms with E-state index < -0.39 is 6.10 Å². The van der Waals surface area contributed by atoms with Crippen molar-refractivity contribution in [2.24, 2.45) is 5.41 Å². The van der Waals surface area contributed by atoms with Gasteiger partial charge in [0.1, 0.15) is 5.75 Å². The quantitative estimate of drug-likeness (QED) is 0.844. The lowest BCUT2D eigenvalue weighted by atomic mass is 9.84. The first-order valence-electron chi connectivity index (χ1n) is 8.23. The summed E-state index contributed by atoms with van der Waals surface area (Å²) in [5, 5.41) is 0. The molecule has 1 aromatic carbocycles. The molecule has 0 radical (unpaired) electrons. The molecule has 1 aromatic rings. The molecule has 1 atom stereocenters. The van der Waals surface area contributed by atoms with Gasteiger partial charge in [0.25, 0.3) is 5.91 Å². The number of rotatable bonds is 3. The lowest BCUT2D eigenvalue weighted by Crippen LogP contribution is -2.48. The van der Waals surface area contributed by atoms with Crippen molar-refractivity contribution in [2.75, 3.05) is 13.1 Å². The van der Waals surface area contributed by atoms with Gasteiger partial charge < -0.3 is 9.64 Å². The predicted octanol–water partition coefficient (Wildman–Crippen LogP) is 4.03. The van der Waals surface area contributed by atoms with Gasteiger partial charge in [-0.3, -0.25) is 4.79 Å². The summed E-state index contributed by atoms with van der Waals surface area (Å²) in [5.41, 5.74) is 3.69. The maximum Gasteiger partial charge on any atom is 0.263 e. The molecular weight excluding hydrogens is 274 g/mol. The summed E-state index contributed by atoms with van der Waals surface area (Å²) in [6.07, 6.45) is 1.82. The van der Waals surface area contributed by atoms with Crippen LogP contribution in [-0.4, -0.2) is 30.0 Å². The number of likely N-dealkylation sites (tertiary alicyclic amines) is 1. The molecule has 0 saturated carbocycles. The van der Waals surface area contributed by atoms with Crippen molar-refractivity contribution in [3.63, 3.8) is 0 Å². The van der Waals surface area contributed by atoms with Crippen LogP contribution in [0.25, 0.3) is 0 Å². The number of carbonyl (C=O) groups is 1. The van der Waals surface area contributed by atoms with Crippen LogP contribution in [0.4, 0.5) is 0 Å². The molecule has 1 unspecified atom stereocenters. The molecule has 1 heterocycles. The molecule has 0 N–H and O–H groups in total. The molecule has 0 bridgehead atoms. The molecule has 1 aliphatic rings. The van der Waals surface area contributed by atoms with Gasteiger partial charge in [-0.05, 0) is 68.7 Å². The SMILES string of the molecule is Cc1cc(C)c(C)c(OC(C)C(=O)N2CCCC(C)(C)C2)c1. The van der Waals surface area contributed by atoms with Crippen LogP contribution in [0.15, 0.2) is 12.1 Å². The summed E-state index contributed by atoms with van der Waals surface area (Å²) in [4.78, 5) is 14.6. The molecule has 2 rings (SSSR count). The van der Waals surface area contributed by atoms with Crippen molar-refractivity contribution >= 4 is 5.91 Å². The molecule has 3 nitrogen and oxygen atoms in total. The van der Waals surface area contributed by atoms with Gasteiger partial charge in [-0.2, -0.15) is 0 Å². The zero-order valence-electron chi connectivity index (χ0n) is 14.8. The van der Waals surface area contributed by atoms with Crippen molar-refractivity contribution in [3.8, 4) is 5.75 Å². The molecule has 1 saturated heterocycles. The van der Waals surface area contributed by atoms with Gasteiger partial charge >= 0.3 is 0 Å². The molecule has 0 spiro atoms. The third-order valence-corrected chi connectivity index (χ3v) is 4.63. The zero-order chi connectivity index (χ0) is 16.5. The monoisotopic (exact) mass is 303 g/mol. The highest BCUT2D eigenvalue weighted by atomic mass is 16.5.